The molecule has 0 spiro atoms. The third-order valence-corrected chi connectivity index (χ3v) is 5.88. The third kappa shape index (κ3) is 3.97. The molecule has 0 amide bonds. The summed E-state index contributed by atoms with van der Waals surface area (Å²) in [6.45, 7) is 7.12. The Labute approximate surface area is 133 Å². The second kappa shape index (κ2) is 6.77. The van der Waals surface area contributed by atoms with Crippen LogP contribution in [0.4, 0.5) is 4.39 Å². The lowest BCUT2D eigenvalue weighted by molar-refractivity contribution is 0.210. The van der Waals surface area contributed by atoms with Crippen LogP contribution in [0, 0.1) is 5.82 Å². The lowest BCUT2D eigenvalue weighted by Crippen LogP contribution is -2.36. The summed E-state index contributed by atoms with van der Waals surface area (Å²) in [4.78, 5) is 2.39. The van der Waals surface area contributed by atoms with Crippen LogP contribution in [0.5, 0.6) is 0 Å². The monoisotopic (exact) mass is 360 g/mol. The Balaban J connectivity index is 2.17. The van der Waals surface area contributed by atoms with Crippen LogP contribution in [-0.4, -0.2) is 35.0 Å². The first kappa shape index (κ1) is 16.3. The summed E-state index contributed by atoms with van der Waals surface area (Å²) in [5.41, 5.74) is 6.93. The van der Waals surface area contributed by atoms with Crippen LogP contribution in [-0.2, 0) is 0 Å². The van der Waals surface area contributed by atoms with Crippen molar-refractivity contribution in [2.45, 2.75) is 31.1 Å². The van der Waals surface area contributed by atoms with Crippen LogP contribution in [0.1, 0.15) is 31.9 Å². The molecule has 0 aliphatic carbocycles. The van der Waals surface area contributed by atoms with Crippen molar-refractivity contribution < 1.29 is 4.39 Å². The second-order valence-electron chi connectivity index (χ2n) is 5.82. The quantitative estimate of drug-likeness (QED) is 0.888. The van der Waals surface area contributed by atoms with Gasteiger partial charge in [0, 0.05) is 36.2 Å². The van der Waals surface area contributed by atoms with Crippen molar-refractivity contribution in [2.24, 2.45) is 5.73 Å². The number of benzene rings is 1. The summed E-state index contributed by atoms with van der Waals surface area (Å²) in [7, 11) is 0. The average molecular weight is 361 g/mol. The second-order valence-corrected chi connectivity index (χ2v) is 8.48. The van der Waals surface area contributed by atoms with E-state index in [0.717, 1.165) is 30.8 Å². The molecule has 1 aromatic carbocycles. The standard InChI is InChI=1S/C15H22BrFN2S/c1-15(2)5-6-19(7-8-20-15)14(10-18)11-3-4-12(16)13(17)9-11/h3-4,9,14H,5-8,10,18H2,1-2H3. The van der Waals surface area contributed by atoms with E-state index in [0.29, 0.717) is 15.8 Å². The summed E-state index contributed by atoms with van der Waals surface area (Å²) in [6, 6.07) is 5.44. The smallest absolute Gasteiger partial charge is 0.137 e. The zero-order valence-electron chi connectivity index (χ0n) is 12.0. The van der Waals surface area contributed by atoms with Crippen LogP contribution in [0.3, 0.4) is 0 Å². The molecule has 20 heavy (non-hydrogen) atoms. The minimum Gasteiger partial charge on any atom is -0.329 e. The van der Waals surface area contributed by atoms with Gasteiger partial charge in [-0.25, -0.2) is 4.39 Å². The Bertz CT molecular complexity index is 467. The van der Waals surface area contributed by atoms with Crippen molar-refractivity contribution >= 4 is 27.7 Å². The van der Waals surface area contributed by atoms with Gasteiger partial charge in [-0.3, -0.25) is 4.90 Å². The summed E-state index contributed by atoms with van der Waals surface area (Å²) in [6.07, 6.45) is 1.13. The zero-order chi connectivity index (χ0) is 14.8. The maximum absolute atomic E-state index is 13.7. The highest BCUT2D eigenvalue weighted by molar-refractivity contribution is 9.10. The number of rotatable bonds is 3. The number of thioether (sulfide) groups is 1. The minimum absolute atomic E-state index is 0.104. The van der Waals surface area contributed by atoms with Gasteiger partial charge in [0.2, 0.25) is 0 Å². The molecule has 0 saturated carbocycles. The number of halogens is 2. The van der Waals surface area contributed by atoms with Gasteiger partial charge in [-0.15, -0.1) is 0 Å². The molecule has 2 N–H and O–H groups in total. The van der Waals surface area contributed by atoms with Gasteiger partial charge in [0.05, 0.1) is 4.47 Å². The Hall–Kier alpha value is -0.100. The Morgan fingerprint density at radius 3 is 2.85 bits per heavy atom. The number of hydrogen-bond donors (Lipinski definition) is 1. The van der Waals surface area contributed by atoms with E-state index < -0.39 is 0 Å². The molecule has 0 bridgehead atoms. The largest absolute Gasteiger partial charge is 0.329 e. The molecule has 0 radical (unpaired) electrons. The van der Waals surface area contributed by atoms with Crippen LogP contribution in [0.15, 0.2) is 22.7 Å². The predicted octanol–water partition coefficient (Wildman–Crippen LogP) is 3.81. The van der Waals surface area contributed by atoms with Crippen LogP contribution < -0.4 is 5.73 Å². The molecule has 1 aliphatic heterocycles. The van der Waals surface area contributed by atoms with Gasteiger partial charge in [-0.05, 0) is 40.0 Å². The average Bonchev–Trinajstić information content (AvgIpc) is 2.56. The molecule has 0 aromatic heterocycles. The van der Waals surface area contributed by atoms with E-state index in [1.165, 1.54) is 0 Å². The van der Waals surface area contributed by atoms with E-state index in [-0.39, 0.29) is 11.9 Å². The topological polar surface area (TPSA) is 29.3 Å². The van der Waals surface area contributed by atoms with Crippen LogP contribution in [0.25, 0.3) is 0 Å². The first-order chi connectivity index (χ1) is 9.43. The van der Waals surface area contributed by atoms with Crippen molar-refractivity contribution in [1.29, 1.82) is 0 Å². The molecule has 1 aromatic rings. The Morgan fingerprint density at radius 2 is 2.20 bits per heavy atom. The minimum atomic E-state index is -0.217. The molecule has 112 valence electrons. The summed E-state index contributed by atoms with van der Waals surface area (Å²) in [5, 5.41) is 0. The van der Waals surface area contributed by atoms with Crippen molar-refractivity contribution in [2.75, 3.05) is 25.4 Å². The summed E-state index contributed by atoms with van der Waals surface area (Å²) >= 11 is 5.21. The maximum atomic E-state index is 13.7. The van der Waals surface area contributed by atoms with E-state index in [1.807, 2.05) is 17.8 Å². The van der Waals surface area contributed by atoms with E-state index in [9.17, 15) is 4.39 Å². The van der Waals surface area contributed by atoms with Gasteiger partial charge in [0.1, 0.15) is 5.82 Å². The highest BCUT2D eigenvalue weighted by Crippen LogP contribution is 2.33. The normalized spacial score (nSPS) is 21.4. The van der Waals surface area contributed by atoms with Crippen molar-refractivity contribution in [3.63, 3.8) is 0 Å². The number of nitrogens with two attached hydrogens (primary N) is 1. The highest BCUT2D eigenvalue weighted by Gasteiger charge is 2.27. The molecule has 1 unspecified atom stereocenters. The highest BCUT2D eigenvalue weighted by atomic mass is 79.9. The molecule has 1 aliphatic rings. The zero-order valence-corrected chi connectivity index (χ0v) is 14.4. The third-order valence-electron chi connectivity index (χ3n) is 3.86. The fraction of sp³-hybridized carbons (Fsp3) is 0.600. The first-order valence-corrected chi connectivity index (χ1v) is 8.74. The lowest BCUT2D eigenvalue weighted by atomic mass is 10.0. The van der Waals surface area contributed by atoms with Gasteiger partial charge in [-0.1, -0.05) is 19.9 Å². The Kier molecular flexibility index (Phi) is 5.51. The van der Waals surface area contributed by atoms with E-state index in [2.05, 4.69) is 34.7 Å². The van der Waals surface area contributed by atoms with Gasteiger partial charge >= 0.3 is 0 Å². The molecule has 1 atom stereocenters. The number of hydrogen-bond acceptors (Lipinski definition) is 3. The molecule has 5 heteroatoms. The van der Waals surface area contributed by atoms with Crippen molar-refractivity contribution in [3.05, 3.63) is 34.1 Å². The number of nitrogens with zero attached hydrogens (tertiary/aromatic N) is 1. The molecule has 2 nitrogen and oxygen atoms in total. The molecule has 1 saturated heterocycles. The van der Waals surface area contributed by atoms with Crippen molar-refractivity contribution in [1.82, 2.24) is 4.90 Å². The molecule has 1 heterocycles. The van der Waals surface area contributed by atoms with E-state index in [4.69, 9.17) is 5.73 Å². The summed E-state index contributed by atoms with van der Waals surface area (Å²) in [5.74, 6) is 0.883. The van der Waals surface area contributed by atoms with E-state index >= 15 is 0 Å². The van der Waals surface area contributed by atoms with Crippen LogP contribution >= 0.6 is 27.7 Å². The Morgan fingerprint density at radius 1 is 1.45 bits per heavy atom. The van der Waals surface area contributed by atoms with Gasteiger partial charge in [0.15, 0.2) is 0 Å². The molecule has 2 rings (SSSR count). The molecular weight excluding hydrogens is 339 g/mol. The van der Waals surface area contributed by atoms with Crippen LogP contribution in [0.2, 0.25) is 0 Å². The first-order valence-electron chi connectivity index (χ1n) is 6.96. The molecular formula is C15H22BrFN2S. The maximum Gasteiger partial charge on any atom is 0.137 e. The van der Waals surface area contributed by atoms with Gasteiger partial charge in [-0.2, -0.15) is 11.8 Å². The fourth-order valence-electron chi connectivity index (χ4n) is 2.56. The predicted molar refractivity (Wildman–Crippen MR) is 88.6 cm³/mol. The molecule has 1 fully saturated rings. The lowest BCUT2D eigenvalue weighted by Gasteiger charge is -2.30. The SMILES string of the molecule is CC1(C)CCN(C(CN)c2ccc(Br)c(F)c2)CCS1. The van der Waals surface area contributed by atoms with Gasteiger partial charge < -0.3 is 5.73 Å². The van der Waals surface area contributed by atoms with Crippen molar-refractivity contribution in [3.8, 4) is 0 Å². The van der Waals surface area contributed by atoms with E-state index in [1.54, 1.807) is 12.1 Å². The fourth-order valence-corrected chi connectivity index (χ4v) is 3.92. The van der Waals surface area contributed by atoms with Gasteiger partial charge in [0.25, 0.3) is 0 Å². The summed E-state index contributed by atoms with van der Waals surface area (Å²) < 4.78 is 14.6.